The summed E-state index contributed by atoms with van der Waals surface area (Å²) in [6.45, 7) is 0.544. The predicted molar refractivity (Wildman–Crippen MR) is 87.6 cm³/mol. The maximum Gasteiger partial charge on any atom is 0.277 e. The molecule has 1 aromatic carbocycles. The number of nitrogens with zero attached hydrogens (tertiary/aromatic N) is 3. The summed E-state index contributed by atoms with van der Waals surface area (Å²) < 4.78 is 4.33. The molecule has 0 aliphatic heterocycles. The second-order valence-corrected chi connectivity index (χ2v) is 5.59. The monoisotopic (exact) mass is 311 g/mol. The van der Waals surface area contributed by atoms with Gasteiger partial charge < -0.3 is 9.55 Å². The molecule has 0 fully saturated rings. The fourth-order valence-corrected chi connectivity index (χ4v) is 3.03. The van der Waals surface area contributed by atoms with Crippen LogP contribution in [0.4, 0.5) is 0 Å². The second-order valence-electron chi connectivity index (χ2n) is 5.20. The molecule has 0 amide bonds. The third-order valence-electron chi connectivity index (χ3n) is 3.94. The van der Waals surface area contributed by atoms with Gasteiger partial charge >= 0.3 is 0 Å². The Kier molecular flexibility index (Phi) is 2.77. The van der Waals surface area contributed by atoms with E-state index in [0.29, 0.717) is 22.5 Å². The highest BCUT2D eigenvalue weighted by molar-refractivity contribution is 7.71. The minimum atomic E-state index is -0.245. The van der Waals surface area contributed by atoms with Gasteiger partial charge in [-0.2, -0.15) is 0 Å². The molecule has 7 heteroatoms. The van der Waals surface area contributed by atoms with Gasteiger partial charge in [-0.15, -0.1) is 0 Å². The fraction of sp³-hybridized carbons (Fsp3) is 0.133. The Bertz CT molecular complexity index is 1110. The Hall–Kier alpha value is -2.67. The zero-order valence-corrected chi connectivity index (χ0v) is 12.6. The summed E-state index contributed by atoms with van der Waals surface area (Å²) in [4.78, 5) is 21.6. The van der Waals surface area contributed by atoms with Crippen LogP contribution in [0.3, 0.4) is 0 Å². The summed E-state index contributed by atoms with van der Waals surface area (Å²) in [5.41, 5.74) is 3.01. The highest BCUT2D eigenvalue weighted by atomic mass is 32.1. The standard InChI is InChI=1S/C15H13N5OS/c1-19-10(6-9-4-2-3-5-11(9)19)7-20-13-12(16-8-17-13)14(21)18-15(20)22/h2-6,8H,7H2,1H3,(H,16,17)(H,18,21,22). The molecule has 3 aromatic heterocycles. The highest BCUT2D eigenvalue weighted by Crippen LogP contribution is 2.19. The quantitative estimate of drug-likeness (QED) is 0.558. The number of benzene rings is 1. The molecule has 4 aromatic rings. The number of rotatable bonds is 2. The number of hydrogen-bond acceptors (Lipinski definition) is 3. The minimum Gasteiger partial charge on any atom is -0.346 e. The first-order chi connectivity index (χ1) is 10.6. The van der Waals surface area contributed by atoms with Gasteiger partial charge in [0.2, 0.25) is 0 Å². The summed E-state index contributed by atoms with van der Waals surface area (Å²) in [6.07, 6.45) is 1.51. The van der Waals surface area contributed by atoms with Crippen LogP contribution in [0.25, 0.3) is 22.1 Å². The summed E-state index contributed by atoms with van der Waals surface area (Å²) in [7, 11) is 2.02. The molecule has 0 aliphatic carbocycles. The number of aryl methyl sites for hydroxylation is 1. The largest absolute Gasteiger partial charge is 0.346 e. The van der Waals surface area contributed by atoms with E-state index in [0.717, 1.165) is 11.2 Å². The molecule has 3 heterocycles. The maximum atomic E-state index is 11.9. The number of fused-ring (bicyclic) bond motifs is 2. The Morgan fingerprint density at radius 3 is 2.95 bits per heavy atom. The van der Waals surface area contributed by atoms with Gasteiger partial charge in [0.05, 0.1) is 12.9 Å². The van der Waals surface area contributed by atoms with Gasteiger partial charge in [0.25, 0.3) is 5.56 Å². The lowest BCUT2D eigenvalue weighted by molar-refractivity contribution is 0.720. The number of hydrogen-bond donors (Lipinski definition) is 2. The van der Waals surface area contributed by atoms with Crippen molar-refractivity contribution in [1.82, 2.24) is 24.1 Å². The number of nitrogens with one attached hydrogen (secondary N) is 2. The van der Waals surface area contributed by atoms with Crippen molar-refractivity contribution in [3.63, 3.8) is 0 Å². The van der Waals surface area contributed by atoms with E-state index in [1.165, 1.54) is 11.7 Å². The van der Waals surface area contributed by atoms with E-state index in [9.17, 15) is 4.79 Å². The van der Waals surface area contributed by atoms with Gasteiger partial charge in [0.1, 0.15) is 5.52 Å². The Morgan fingerprint density at radius 2 is 2.14 bits per heavy atom. The van der Waals surface area contributed by atoms with E-state index in [1.54, 1.807) is 0 Å². The Morgan fingerprint density at radius 1 is 1.32 bits per heavy atom. The van der Waals surface area contributed by atoms with Gasteiger partial charge in [-0.25, -0.2) is 4.98 Å². The third kappa shape index (κ3) is 1.82. The van der Waals surface area contributed by atoms with Crippen LogP contribution in [0.5, 0.6) is 0 Å². The van der Waals surface area contributed by atoms with Crippen molar-refractivity contribution < 1.29 is 0 Å². The SMILES string of the molecule is Cn1c(Cn2c(=S)[nH]c(=O)c3[nH]cnc32)cc2ccccc21. The summed E-state index contributed by atoms with van der Waals surface area (Å²) in [6, 6.07) is 10.3. The van der Waals surface area contributed by atoms with E-state index in [2.05, 4.69) is 37.7 Å². The third-order valence-corrected chi connectivity index (χ3v) is 4.26. The lowest BCUT2D eigenvalue weighted by Crippen LogP contribution is -2.16. The average Bonchev–Trinajstić information content (AvgIpc) is 3.10. The molecule has 0 aliphatic rings. The van der Waals surface area contributed by atoms with Gasteiger partial charge in [-0.05, 0) is 29.7 Å². The van der Waals surface area contributed by atoms with E-state index < -0.39 is 0 Å². The topological polar surface area (TPSA) is 71.4 Å². The molecule has 22 heavy (non-hydrogen) atoms. The molecular weight excluding hydrogens is 298 g/mol. The van der Waals surface area contributed by atoms with Crippen LogP contribution in [0.15, 0.2) is 41.5 Å². The maximum absolute atomic E-state index is 11.9. The lowest BCUT2D eigenvalue weighted by Gasteiger charge is -2.09. The molecule has 0 saturated heterocycles. The normalized spacial score (nSPS) is 11.5. The number of aromatic nitrogens is 5. The van der Waals surface area contributed by atoms with Crippen LogP contribution in [0, 0.1) is 4.77 Å². The molecule has 0 radical (unpaired) electrons. The number of H-pyrrole nitrogens is 2. The second kappa shape index (κ2) is 4.67. The zero-order valence-electron chi connectivity index (χ0n) is 11.8. The van der Waals surface area contributed by atoms with E-state index >= 15 is 0 Å². The van der Waals surface area contributed by atoms with E-state index in [-0.39, 0.29) is 5.56 Å². The number of aromatic amines is 2. The van der Waals surface area contributed by atoms with Crippen molar-refractivity contribution in [3.05, 3.63) is 57.5 Å². The van der Waals surface area contributed by atoms with Crippen molar-refractivity contribution in [2.45, 2.75) is 6.54 Å². The van der Waals surface area contributed by atoms with E-state index in [1.807, 2.05) is 23.7 Å². The van der Waals surface area contributed by atoms with Gasteiger partial charge in [0.15, 0.2) is 10.4 Å². The zero-order chi connectivity index (χ0) is 15.3. The molecule has 0 atom stereocenters. The van der Waals surface area contributed by atoms with Gasteiger partial charge in [-0.3, -0.25) is 14.3 Å². The highest BCUT2D eigenvalue weighted by Gasteiger charge is 2.11. The molecule has 110 valence electrons. The van der Waals surface area contributed by atoms with Crippen LogP contribution >= 0.6 is 12.2 Å². The molecule has 2 N–H and O–H groups in total. The first-order valence-corrected chi connectivity index (χ1v) is 7.25. The van der Waals surface area contributed by atoms with Crippen LogP contribution in [0.2, 0.25) is 0 Å². The molecule has 0 saturated carbocycles. The van der Waals surface area contributed by atoms with Crippen molar-refractivity contribution in [2.24, 2.45) is 7.05 Å². The fourth-order valence-electron chi connectivity index (χ4n) is 2.79. The molecular formula is C15H13N5OS. The average molecular weight is 311 g/mol. The van der Waals surface area contributed by atoms with E-state index in [4.69, 9.17) is 12.2 Å². The van der Waals surface area contributed by atoms with Crippen molar-refractivity contribution in [3.8, 4) is 0 Å². The molecule has 4 rings (SSSR count). The first-order valence-electron chi connectivity index (χ1n) is 6.84. The predicted octanol–water partition coefficient (Wildman–Crippen LogP) is 2.32. The van der Waals surface area contributed by atoms with Crippen LogP contribution in [0.1, 0.15) is 5.69 Å². The molecule has 0 unspecified atom stereocenters. The van der Waals surface area contributed by atoms with Gasteiger partial charge in [0, 0.05) is 18.3 Å². The molecule has 6 nitrogen and oxygen atoms in total. The number of imidazole rings is 1. The first kappa shape index (κ1) is 13.0. The molecule has 0 spiro atoms. The summed E-state index contributed by atoms with van der Waals surface area (Å²) >= 11 is 5.30. The van der Waals surface area contributed by atoms with Crippen LogP contribution in [-0.4, -0.2) is 24.1 Å². The smallest absolute Gasteiger partial charge is 0.277 e. The number of para-hydroxylation sites is 1. The van der Waals surface area contributed by atoms with Crippen LogP contribution in [-0.2, 0) is 13.6 Å². The van der Waals surface area contributed by atoms with Crippen molar-refractivity contribution >= 4 is 34.3 Å². The van der Waals surface area contributed by atoms with Crippen LogP contribution < -0.4 is 5.56 Å². The minimum absolute atomic E-state index is 0.245. The van der Waals surface area contributed by atoms with Crippen molar-refractivity contribution in [1.29, 1.82) is 0 Å². The van der Waals surface area contributed by atoms with Gasteiger partial charge in [-0.1, -0.05) is 18.2 Å². The lowest BCUT2D eigenvalue weighted by atomic mass is 10.2. The summed E-state index contributed by atoms with van der Waals surface area (Å²) in [5.74, 6) is 0. The molecule has 0 bridgehead atoms. The Balaban J connectivity index is 1.93. The Labute approximate surface area is 130 Å². The summed E-state index contributed by atoms with van der Waals surface area (Å²) in [5, 5.41) is 1.18. The van der Waals surface area contributed by atoms with Crippen molar-refractivity contribution in [2.75, 3.05) is 0 Å².